The highest BCUT2D eigenvalue weighted by Crippen LogP contribution is 2.33. The Morgan fingerprint density at radius 2 is 1.93 bits per heavy atom. The van der Waals surface area contributed by atoms with Crippen molar-refractivity contribution in [2.24, 2.45) is 0 Å². The molecule has 150 valence electrons. The monoisotopic (exact) mass is 410 g/mol. The molecule has 0 aliphatic carbocycles. The van der Waals surface area contributed by atoms with Crippen LogP contribution in [0.25, 0.3) is 10.6 Å². The van der Waals surface area contributed by atoms with Crippen molar-refractivity contribution in [1.29, 1.82) is 0 Å². The van der Waals surface area contributed by atoms with Crippen LogP contribution >= 0.6 is 11.3 Å². The minimum absolute atomic E-state index is 0.0375. The predicted octanol–water partition coefficient (Wildman–Crippen LogP) is 4.48. The first kappa shape index (κ1) is 19.5. The molecule has 5 nitrogen and oxygen atoms in total. The van der Waals surface area contributed by atoms with E-state index in [2.05, 4.69) is 27.6 Å². The van der Waals surface area contributed by atoms with Gasteiger partial charge in [0.2, 0.25) is 0 Å². The van der Waals surface area contributed by atoms with Crippen LogP contribution in [0.1, 0.15) is 29.3 Å². The maximum Gasteiger partial charge on any atom is 0.317 e. The second-order valence-electron chi connectivity index (χ2n) is 7.18. The van der Waals surface area contributed by atoms with Gasteiger partial charge in [-0.25, -0.2) is 9.18 Å². The Labute approximate surface area is 173 Å². The molecule has 0 radical (unpaired) electrons. The fraction of sp³-hybridized carbons (Fsp3) is 0.318. The molecule has 1 aliphatic rings. The summed E-state index contributed by atoms with van der Waals surface area (Å²) < 4.78 is 14.0. The first-order chi connectivity index (χ1) is 14.2. The van der Waals surface area contributed by atoms with Gasteiger partial charge in [0.1, 0.15) is 10.8 Å². The van der Waals surface area contributed by atoms with Crippen molar-refractivity contribution < 1.29 is 9.18 Å². The smallest absolute Gasteiger partial charge is 0.317 e. The van der Waals surface area contributed by atoms with Crippen LogP contribution in [0.2, 0.25) is 0 Å². The van der Waals surface area contributed by atoms with E-state index >= 15 is 0 Å². The van der Waals surface area contributed by atoms with Gasteiger partial charge in [0, 0.05) is 31.1 Å². The van der Waals surface area contributed by atoms with Crippen molar-refractivity contribution in [3.63, 3.8) is 0 Å². The molecule has 1 aromatic heterocycles. The molecule has 0 saturated carbocycles. The molecule has 0 bridgehead atoms. The van der Waals surface area contributed by atoms with Crippen molar-refractivity contribution >= 4 is 17.4 Å². The summed E-state index contributed by atoms with van der Waals surface area (Å²) in [7, 11) is 0. The number of hydrogen-bond acceptors (Lipinski definition) is 4. The Hall–Kier alpha value is -2.80. The van der Waals surface area contributed by atoms with Crippen LogP contribution in [0.5, 0.6) is 0 Å². The van der Waals surface area contributed by atoms with Crippen LogP contribution in [-0.2, 0) is 6.42 Å². The standard InChI is InChI=1S/C22H23FN4OS/c23-19-11-5-4-10-18(19)21-26-25-20(29-21)17-9-6-14-27(15-17)22(28)24-13-12-16-7-2-1-3-8-16/h1-5,7-8,10-11,17H,6,9,12-15H2,(H,24,28). The van der Waals surface area contributed by atoms with Gasteiger partial charge in [-0.15, -0.1) is 10.2 Å². The Morgan fingerprint density at radius 1 is 1.14 bits per heavy atom. The number of rotatable bonds is 5. The number of carbonyl (C=O) groups is 1. The summed E-state index contributed by atoms with van der Waals surface area (Å²) in [5, 5.41) is 12.9. The summed E-state index contributed by atoms with van der Waals surface area (Å²) in [5.74, 6) is -0.153. The van der Waals surface area contributed by atoms with E-state index in [9.17, 15) is 9.18 Å². The number of halogens is 1. The summed E-state index contributed by atoms with van der Waals surface area (Å²) in [6.45, 7) is 1.97. The van der Waals surface area contributed by atoms with Crippen molar-refractivity contribution in [2.45, 2.75) is 25.2 Å². The van der Waals surface area contributed by atoms with Gasteiger partial charge in [-0.1, -0.05) is 53.8 Å². The molecule has 2 aromatic carbocycles. The molecular formula is C22H23FN4OS. The number of hydrogen-bond donors (Lipinski definition) is 1. The highest BCUT2D eigenvalue weighted by atomic mass is 32.1. The van der Waals surface area contributed by atoms with Gasteiger partial charge in [0.15, 0.2) is 5.01 Å². The molecule has 7 heteroatoms. The van der Waals surface area contributed by atoms with E-state index in [0.29, 0.717) is 23.7 Å². The predicted molar refractivity (Wildman–Crippen MR) is 112 cm³/mol. The summed E-state index contributed by atoms with van der Waals surface area (Å²) in [5.41, 5.74) is 1.68. The number of urea groups is 1. The SMILES string of the molecule is O=C(NCCc1ccccc1)N1CCCC(c2nnc(-c3ccccc3F)s2)C1. The van der Waals surface area contributed by atoms with Crippen molar-refractivity contribution in [3.05, 3.63) is 71.0 Å². The quantitative estimate of drug-likeness (QED) is 0.675. The average molecular weight is 411 g/mol. The first-order valence-corrected chi connectivity index (χ1v) is 10.7. The van der Waals surface area contributed by atoms with Crippen molar-refractivity contribution in [3.8, 4) is 10.6 Å². The molecule has 1 saturated heterocycles. The second kappa shape index (κ2) is 9.13. The van der Waals surface area contributed by atoms with E-state index in [-0.39, 0.29) is 17.8 Å². The lowest BCUT2D eigenvalue weighted by molar-refractivity contribution is 0.179. The minimum Gasteiger partial charge on any atom is -0.338 e. The van der Waals surface area contributed by atoms with Gasteiger partial charge < -0.3 is 10.2 Å². The summed E-state index contributed by atoms with van der Waals surface area (Å²) in [4.78, 5) is 14.4. The topological polar surface area (TPSA) is 58.1 Å². The third-order valence-electron chi connectivity index (χ3n) is 5.14. The van der Waals surface area contributed by atoms with E-state index < -0.39 is 0 Å². The van der Waals surface area contributed by atoms with Gasteiger partial charge in [0.05, 0.1) is 0 Å². The van der Waals surface area contributed by atoms with Crippen LogP contribution in [0.15, 0.2) is 54.6 Å². The van der Waals surface area contributed by atoms with Gasteiger partial charge in [-0.05, 0) is 37.0 Å². The molecule has 1 N–H and O–H groups in total. The van der Waals surface area contributed by atoms with Crippen LogP contribution in [0.4, 0.5) is 9.18 Å². The highest BCUT2D eigenvalue weighted by molar-refractivity contribution is 7.14. The molecule has 0 spiro atoms. The molecule has 3 aromatic rings. The minimum atomic E-state index is -0.293. The molecule has 1 aliphatic heterocycles. The number of likely N-dealkylation sites (tertiary alicyclic amines) is 1. The van der Waals surface area contributed by atoms with Gasteiger partial charge >= 0.3 is 6.03 Å². The lowest BCUT2D eigenvalue weighted by atomic mass is 9.99. The maximum atomic E-state index is 14.0. The number of nitrogens with zero attached hydrogens (tertiary/aromatic N) is 3. The highest BCUT2D eigenvalue weighted by Gasteiger charge is 2.27. The molecule has 2 heterocycles. The summed E-state index contributed by atoms with van der Waals surface area (Å²) in [6, 6.07) is 16.7. The Kier molecular flexibility index (Phi) is 6.14. The van der Waals surface area contributed by atoms with Gasteiger partial charge in [-0.3, -0.25) is 0 Å². The Bertz CT molecular complexity index is 962. The molecule has 2 amide bonds. The molecule has 1 unspecified atom stereocenters. The van der Waals surface area contributed by atoms with E-state index in [1.54, 1.807) is 18.2 Å². The molecule has 29 heavy (non-hydrogen) atoms. The van der Waals surface area contributed by atoms with Crippen molar-refractivity contribution in [2.75, 3.05) is 19.6 Å². The number of carbonyl (C=O) groups excluding carboxylic acids is 1. The van der Waals surface area contributed by atoms with Crippen LogP contribution in [0.3, 0.4) is 0 Å². The van der Waals surface area contributed by atoms with Crippen LogP contribution in [-0.4, -0.2) is 40.8 Å². The zero-order valence-corrected chi connectivity index (χ0v) is 16.9. The largest absolute Gasteiger partial charge is 0.338 e. The van der Waals surface area contributed by atoms with E-state index in [4.69, 9.17) is 0 Å². The average Bonchev–Trinajstić information content (AvgIpc) is 3.25. The van der Waals surface area contributed by atoms with Crippen LogP contribution < -0.4 is 5.32 Å². The number of amides is 2. The number of piperidine rings is 1. The third-order valence-corrected chi connectivity index (χ3v) is 6.25. The molecular weight excluding hydrogens is 387 g/mol. The van der Waals surface area contributed by atoms with E-state index in [1.807, 2.05) is 23.1 Å². The number of aromatic nitrogens is 2. The third kappa shape index (κ3) is 4.79. The lowest BCUT2D eigenvalue weighted by Crippen LogP contribution is -2.45. The van der Waals surface area contributed by atoms with Crippen molar-refractivity contribution in [1.82, 2.24) is 20.4 Å². The van der Waals surface area contributed by atoms with Gasteiger partial charge in [-0.2, -0.15) is 0 Å². The fourth-order valence-electron chi connectivity index (χ4n) is 3.58. The van der Waals surface area contributed by atoms with Gasteiger partial charge in [0.25, 0.3) is 0 Å². The second-order valence-corrected chi connectivity index (χ2v) is 8.19. The molecule has 4 rings (SSSR count). The fourth-order valence-corrected chi connectivity index (χ4v) is 4.57. The first-order valence-electron chi connectivity index (χ1n) is 9.85. The normalized spacial score (nSPS) is 16.6. The summed E-state index contributed by atoms with van der Waals surface area (Å²) >= 11 is 1.41. The van der Waals surface area contributed by atoms with E-state index in [1.165, 1.54) is 23.0 Å². The summed E-state index contributed by atoms with van der Waals surface area (Å²) in [6.07, 6.45) is 2.69. The van der Waals surface area contributed by atoms with Crippen LogP contribution in [0, 0.1) is 5.82 Å². The molecule has 1 fully saturated rings. The van der Waals surface area contributed by atoms with E-state index in [0.717, 1.165) is 30.8 Å². The maximum absolute atomic E-state index is 14.0. The Balaban J connectivity index is 1.35. The zero-order valence-electron chi connectivity index (χ0n) is 16.1. The Morgan fingerprint density at radius 3 is 2.76 bits per heavy atom. The number of benzene rings is 2. The zero-order chi connectivity index (χ0) is 20.1. The number of nitrogens with one attached hydrogen (secondary N) is 1. The lowest BCUT2D eigenvalue weighted by Gasteiger charge is -2.31. The molecule has 1 atom stereocenters.